The molecule has 1 amide bonds. The van der Waals surface area contributed by atoms with Gasteiger partial charge in [-0.1, -0.05) is 12.1 Å². The van der Waals surface area contributed by atoms with Crippen LogP contribution in [-0.2, 0) is 6.42 Å². The topological polar surface area (TPSA) is 51.2 Å². The summed E-state index contributed by atoms with van der Waals surface area (Å²) in [5.41, 5.74) is 3.22. The van der Waals surface area contributed by atoms with Crippen molar-refractivity contribution in [1.82, 2.24) is 9.80 Å². The summed E-state index contributed by atoms with van der Waals surface area (Å²) in [6.07, 6.45) is 2.88. The highest BCUT2D eigenvalue weighted by atomic mass is 16.5. The van der Waals surface area contributed by atoms with Crippen LogP contribution in [0.15, 0.2) is 36.4 Å². The molecule has 0 spiro atoms. The van der Waals surface area contributed by atoms with Crippen molar-refractivity contribution in [3.63, 3.8) is 0 Å². The van der Waals surface area contributed by atoms with Crippen LogP contribution in [0.1, 0.15) is 40.4 Å². The molecule has 2 atom stereocenters. The Morgan fingerprint density at radius 2 is 1.70 bits per heavy atom. The van der Waals surface area contributed by atoms with Crippen LogP contribution in [0.5, 0.6) is 17.2 Å². The molecule has 2 aromatic carbocycles. The number of fused-ring (bicyclic) bond motifs is 3. The summed E-state index contributed by atoms with van der Waals surface area (Å²) in [6, 6.07) is 12.1. The number of hydrogen-bond donors (Lipinski definition) is 0. The minimum absolute atomic E-state index is 0.00856. The van der Waals surface area contributed by atoms with E-state index in [-0.39, 0.29) is 18.0 Å². The van der Waals surface area contributed by atoms with Gasteiger partial charge >= 0.3 is 0 Å². The molecule has 0 bridgehead atoms. The molecule has 6 heteroatoms. The van der Waals surface area contributed by atoms with Gasteiger partial charge in [-0.15, -0.1) is 0 Å². The first-order valence-electron chi connectivity index (χ1n) is 10.5. The maximum atomic E-state index is 13.2. The highest BCUT2D eigenvalue weighted by Crippen LogP contribution is 2.42. The van der Waals surface area contributed by atoms with Crippen molar-refractivity contribution in [2.45, 2.75) is 31.3 Å². The van der Waals surface area contributed by atoms with Gasteiger partial charge in [0.05, 0.1) is 26.9 Å². The minimum Gasteiger partial charge on any atom is -0.496 e. The van der Waals surface area contributed by atoms with Crippen molar-refractivity contribution in [1.29, 1.82) is 0 Å². The predicted octanol–water partition coefficient (Wildman–Crippen LogP) is 3.55. The standard InChI is InChI=1S/C24H30N2O4/c1-25(24(27)18-7-5-6-8-21(18)28-2)17-10-12-26-11-9-16-13-22(29-3)23(30-4)15-19(16)20(26)14-17/h5-8,13,15,17,20H,9-12,14H2,1-4H3. The average molecular weight is 411 g/mol. The number of para-hydroxylation sites is 1. The van der Waals surface area contributed by atoms with Crippen molar-refractivity contribution < 1.29 is 19.0 Å². The molecule has 2 aliphatic heterocycles. The zero-order chi connectivity index (χ0) is 21.3. The Bertz CT molecular complexity index is 929. The Morgan fingerprint density at radius 3 is 2.43 bits per heavy atom. The quantitative estimate of drug-likeness (QED) is 0.755. The molecular weight excluding hydrogens is 380 g/mol. The zero-order valence-electron chi connectivity index (χ0n) is 18.2. The number of methoxy groups -OCH3 is 3. The van der Waals surface area contributed by atoms with E-state index in [1.165, 1.54) is 11.1 Å². The number of benzene rings is 2. The van der Waals surface area contributed by atoms with Crippen LogP contribution in [0.2, 0.25) is 0 Å². The van der Waals surface area contributed by atoms with E-state index in [0.717, 1.165) is 43.9 Å². The number of hydrogen-bond acceptors (Lipinski definition) is 5. The molecule has 2 aliphatic rings. The monoisotopic (exact) mass is 410 g/mol. The maximum Gasteiger partial charge on any atom is 0.257 e. The van der Waals surface area contributed by atoms with Gasteiger partial charge in [0.25, 0.3) is 5.91 Å². The Kier molecular flexibility index (Phi) is 5.86. The third-order valence-corrected chi connectivity index (χ3v) is 6.56. The molecule has 160 valence electrons. The summed E-state index contributed by atoms with van der Waals surface area (Å²) in [5, 5.41) is 0. The summed E-state index contributed by atoms with van der Waals surface area (Å²) in [6.45, 7) is 2.01. The lowest BCUT2D eigenvalue weighted by Gasteiger charge is -2.45. The minimum atomic E-state index is 0.00856. The number of amides is 1. The van der Waals surface area contributed by atoms with E-state index >= 15 is 0 Å². The van der Waals surface area contributed by atoms with Gasteiger partial charge in [-0.05, 0) is 54.7 Å². The number of carbonyl (C=O) groups is 1. The molecule has 2 aromatic rings. The first-order chi connectivity index (χ1) is 14.6. The normalized spacial score (nSPS) is 20.7. The third kappa shape index (κ3) is 3.60. The molecule has 1 saturated heterocycles. The van der Waals surface area contributed by atoms with Crippen molar-refractivity contribution >= 4 is 5.91 Å². The fraction of sp³-hybridized carbons (Fsp3) is 0.458. The summed E-state index contributed by atoms with van der Waals surface area (Å²) < 4.78 is 16.5. The summed E-state index contributed by atoms with van der Waals surface area (Å²) in [5.74, 6) is 2.17. The molecule has 0 aliphatic carbocycles. The second kappa shape index (κ2) is 8.56. The second-order valence-electron chi connectivity index (χ2n) is 8.00. The number of piperidine rings is 1. The maximum absolute atomic E-state index is 13.2. The van der Waals surface area contributed by atoms with E-state index in [4.69, 9.17) is 14.2 Å². The van der Waals surface area contributed by atoms with E-state index in [2.05, 4.69) is 17.0 Å². The second-order valence-corrected chi connectivity index (χ2v) is 8.00. The Labute approximate surface area is 178 Å². The molecule has 30 heavy (non-hydrogen) atoms. The van der Waals surface area contributed by atoms with Gasteiger partial charge in [-0.25, -0.2) is 0 Å². The lowest BCUT2D eigenvalue weighted by molar-refractivity contribution is 0.0499. The lowest BCUT2D eigenvalue weighted by Crippen LogP contribution is -2.49. The van der Waals surface area contributed by atoms with Crippen LogP contribution in [0.25, 0.3) is 0 Å². The summed E-state index contributed by atoms with van der Waals surface area (Å²) >= 11 is 0. The van der Waals surface area contributed by atoms with Crippen molar-refractivity contribution in [2.75, 3.05) is 41.5 Å². The van der Waals surface area contributed by atoms with Gasteiger partial charge in [0.1, 0.15) is 5.75 Å². The van der Waals surface area contributed by atoms with Crippen LogP contribution < -0.4 is 14.2 Å². The van der Waals surface area contributed by atoms with Gasteiger partial charge in [-0.2, -0.15) is 0 Å². The van der Waals surface area contributed by atoms with Crippen molar-refractivity contribution in [3.05, 3.63) is 53.1 Å². The van der Waals surface area contributed by atoms with Gasteiger partial charge in [0, 0.05) is 32.2 Å². The highest BCUT2D eigenvalue weighted by Gasteiger charge is 2.37. The zero-order valence-corrected chi connectivity index (χ0v) is 18.2. The van der Waals surface area contributed by atoms with Crippen LogP contribution in [-0.4, -0.2) is 63.2 Å². The van der Waals surface area contributed by atoms with E-state index < -0.39 is 0 Å². The van der Waals surface area contributed by atoms with Crippen LogP contribution in [0.4, 0.5) is 0 Å². The molecule has 0 N–H and O–H groups in total. The Balaban J connectivity index is 1.59. The highest BCUT2D eigenvalue weighted by molar-refractivity contribution is 5.97. The molecule has 0 aromatic heterocycles. The van der Waals surface area contributed by atoms with Crippen molar-refractivity contribution in [2.24, 2.45) is 0 Å². The SMILES string of the molecule is COc1cc2c(cc1OC)C1CC(N(C)C(=O)c3ccccc3OC)CCN1CC2. The number of nitrogens with zero attached hydrogens (tertiary/aromatic N) is 2. The van der Waals surface area contributed by atoms with Crippen LogP contribution >= 0.6 is 0 Å². The molecule has 2 unspecified atom stereocenters. The number of rotatable bonds is 5. The molecule has 2 heterocycles. The fourth-order valence-electron chi connectivity index (χ4n) is 4.84. The van der Waals surface area contributed by atoms with E-state index in [1.54, 1.807) is 21.3 Å². The molecule has 0 saturated carbocycles. The molecule has 4 rings (SSSR count). The smallest absolute Gasteiger partial charge is 0.257 e. The van der Waals surface area contributed by atoms with E-state index in [1.807, 2.05) is 36.2 Å². The Morgan fingerprint density at radius 1 is 1.00 bits per heavy atom. The number of carbonyl (C=O) groups excluding carboxylic acids is 1. The number of ether oxygens (including phenoxy) is 3. The van der Waals surface area contributed by atoms with E-state index in [9.17, 15) is 4.79 Å². The fourth-order valence-corrected chi connectivity index (χ4v) is 4.84. The van der Waals surface area contributed by atoms with Gasteiger partial charge in [0.2, 0.25) is 0 Å². The van der Waals surface area contributed by atoms with Crippen molar-refractivity contribution in [3.8, 4) is 17.2 Å². The first-order valence-corrected chi connectivity index (χ1v) is 10.5. The largest absolute Gasteiger partial charge is 0.496 e. The summed E-state index contributed by atoms with van der Waals surface area (Å²) in [4.78, 5) is 17.6. The third-order valence-electron chi connectivity index (χ3n) is 6.56. The van der Waals surface area contributed by atoms with Crippen LogP contribution in [0.3, 0.4) is 0 Å². The summed E-state index contributed by atoms with van der Waals surface area (Å²) in [7, 11) is 6.86. The van der Waals surface area contributed by atoms with Gasteiger partial charge in [0.15, 0.2) is 11.5 Å². The molecule has 0 radical (unpaired) electrons. The molecular formula is C24H30N2O4. The van der Waals surface area contributed by atoms with Gasteiger partial charge in [-0.3, -0.25) is 9.69 Å². The lowest BCUT2D eigenvalue weighted by atomic mass is 9.84. The average Bonchev–Trinajstić information content (AvgIpc) is 2.81. The molecule has 1 fully saturated rings. The Hall–Kier alpha value is -2.73. The predicted molar refractivity (Wildman–Crippen MR) is 116 cm³/mol. The van der Waals surface area contributed by atoms with Gasteiger partial charge < -0.3 is 19.1 Å². The van der Waals surface area contributed by atoms with Crippen LogP contribution in [0, 0.1) is 0 Å². The molecule has 6 nitrogen and oxygen atoms in total. The first kappa shape index (κ1) is 20.5. The van der Waals surface area contributed by atoms with E-state index in [0.29, 0.717) is 11.3 Å².